The fourth-order valence-corrected chi connectivity index (χ4v) is 1.95. The monoisotopic (exact) mass is 279 g/mol. The summed E-state index contributed by atoms with van der Waals surface area (Å²) in [5, 5.41) is 0. The molecule has 2 aromatic carbocycles. The molecule has 0 aliphatic heterocycles. The van der Waals surface area contributed by atoms with Gasteiger partial charge in [-0.15, -0.1) is 0 Å². The number of hydrogen-bond donors (Lipinski definition) is 1. The van der Waals surface area contributed by atoms with Gasteiger partial charge in [0.1, 0.15) is 0 Å². The van der Waals surface area contributed by atoms with E-state index in [0.717, 1.165) is 17.7 Å². The molecule has 0 saturated carbocycles. The van der Waals surface area contributed by atoms with Crippen molar-refractivity contribution in [3.63, 3.8) is 0 Å². The first-order chi connectivity index (χ1) is 9.29. The van der Waals surface area contributed by atoms with E-state index in [0.29, 0.717) is 11.1 Å². The van der Waals surface area contributed by atoms with Crippen molar-refractivity contribution in [1.82, 2.24) is 0 Å². The number of primary amides is 1. The maximum atomic E-state index is 12.5. The van der Waals surface area contributed by atoms with Gasteiger partial charge in [0.15, 0.2) is 0 Å². The van der Waals surface area contributed by atoms with Crippen molar-refractivity contribution in [3.8, 4) is 11.1 Å². The number of hydrogen-bond acceptors (Lipinski definition) is 1. The normalized spacial score (nSPS) is 11.4. The molecule has 0 bridgehead atoms. The highest BCUT2D eigenvalue weighted by Gasteiger charge is 2.30. The molecular weight excluding hydrogens is 267 g/mol. The lowest BCUT2D eigenvalue weighted by Crippen LogP contribution is -2.12. The second-order valence-electron chi connectivity index (χ2n) is 4.49. The Bertz CT molecular complexity index is 645. The van der Waals surface area contributed by atoms with E-state index in [1.54, 1.807) is 18.2 Å². The van der Waals surface area contributed by atoms with Gasteiger partial charge in [0, 0.05) is 5.56 Å². The van der Waals surface area contributed by atoms with E-state index in [1.807, 2.05) is 6.92 Å². The van der Waals surface area contributed by atoms with Gasteiger partial charge < -0.3 is 5.73 Å². The molecule has 0 aromatic heterocycles. The third kappa shape index (κ3) is 2.82. The number of alkyl halides is 3. The number of halogens is 3. The summed E-state index contributed by atoms with van der Waals surface area (Å²) < 4.78 is 37.6. The standard InChI is InChI=1S/C15H12F3NO/c1-9-2-7-12(14(19)20)13(8-9)10-3-5-11(6-4-10)15(16,17)18/h2-8H,1H3,(H2,19,20). The van der Waals surface area contributed by atoms with Crippen LogP contribution in [-0.4, -0.2) is 5.91 Å². The Kier molecular flexibility index (Phi) is 3.53. The van der Waals surface area contributed by atoms with Crippen LogP contribution in [0.2, 0.25) is 0 Å². The number of carbonyl (C=O) groups excluding carboxylic acids is 1. The van der Waals surface area contributed by atoms with Crippen molar-refractivity contribution in [2.45, 2.75) is 13.1 Å². The predicted octanol–water partition coefficient (Wildman–Crippen LogP) is 3.78. The lowest BCUT2D eigenvalue weighted by Gasteiger charge is -2.10. The van der Waals surface area contributed by atoms with Crippen molar-refractivity contribution in [1.29, 1.82) is 0 Å². The molecule has 0 radical (unpaired) electrons. The van der Waals surface area contributed by atoms with Gasteiger partial charge in [0.05, 0.1) is 5.56 Å². The summed E-state index contributed by atoms with van der Waals surface area (Å²) in [5.41, 5.74) is 6.79. The van der Waals surface area contributed by atoms with Crippen LogP contribution in [0, 0.1) is 6.92 Å². The highest BCUT2D eigenvalue weighted by atomic mass is 19.4. The van der Waals surface area contributed by atoms with Crippen LogP contribution in [0.4, 0.5) is 13.2 Å². The zero-order chi connectivity index (χ0) is 14.9. The van der Waals surface area contributed by atoms with Crippen LogP contribution in [0.15, 0.2) is 42.5 Å². The summed E-state index contributed by atoms with van der Waals surface area (Å²) in [5.74, 6) is -0.611. The highest BCUT2D eigenvalue weighted by molar-refractivity contribution is 6.00. The molecule has 104 valence electrons. The fourth-order valence-electron chi connectivity index (χ4n) is 1.95. The number of rotatable bonds is 2. The topological polar surface area (TPSA) is 43.1 Å². The lowest BCUT2D eigenvalue weighted by molar-refractivity contribution is -0.137. The lowest BCUT2D eigenvalue weighted by atomic mass is 9.96. The van der Waals surface area contributed by atoms with E-state index in [9.17, 15) is 18.0 Å². The van der Waals surface area contributed by atoms with E-state index in [2.05, 4.69) is 0 Å². The number of amides is 1. The minimum atomic E-state index is -4.38. The Labute approximate surface area is 114 Å². The fraction of sp³-hybridized carbons (Fsp3) is 0.133. The molecular formula is C15H12F3NO. The van der Waals surface area contributed by atoms with Crippen LogP contribution in [0.25, 0.3) is 11.1 Å². The first-order valence-corrected chi connectivity index (χ1v) is 5.87. The molecule has 2 N–H and O–H groups in total. The molecule has 0 heterocycles. The summed E-state index contributed by atoms with van der Waals surface area (Å²) in [7, 11) is 0. The quantitative estimate of drug-likeness (QED) is 0.893. The van der Waals surface area contributed by atoms with Gasteiger partial charge in [-0.05, 0) is 36.2 Å². The van der Waals surface area contributed by atoms with Gasteiger partial charge in [-0.2, -0.15) is 13.2 Å². The molecule has 1 amide bonds. The number of nitrogens with two attached hydrogens (primary N) is 1. The molecule has 2 nitrogen and oxygen atoms in total. The maximum Gasteiger partial charge on any atom is 0.416 e. The van der Waals surface area contributed by atoms with Crippen molar-refractivity contribution < 1.29 is 18.0 Å². The Hall–Kier alpha value is -2.30. The van der Waals surface area contributed by atoms with E-state index in [1.165, 1.54) is 12.1 Å². The Balaban J connectivity index is 2.52. The van der Waals surface area contributed by atoms with Crippen molar-refractivity contribution in [2.75, 3.05) is 0 Å². The number of benzene rings is 2. The van der Waals surface area contributed by atoms with Gasteiger partial charge in [-0.3, -0.25) is 4.79 Å². The number of carbonyl (C=O) groups is 1. The van der Waals surface area contributed by atoms with E-state index >= 15 is 0 Å². The van der Waals surface area contributed by atoms with Crippen LogP contribution in [0.3, 0.4) is 0 Å². The molecule has 20 heavy (non-hydrogen) atoms. The maximum absolute atomic E-state index is 12.5. The van der Waals surface area contributed by atoms with Gasteiger partial charge in [-0.1, -0.05) is 29.8 Å². The zero-order valence-electron chi connectivity index (χ0n) is 10.7. The Morgan fingerprint density at radius 1 is 1.05 bits per heavy atom. The molecule has 0 atom stereocenters. The molecule has 0 saturated heterocycles. The molecule has 2 rings (SSSR count). The van der Waals surface area contributed by atoms with Crippen LogP contribution in [0.1, 0.15) is 21.5 Å². The molecule has 0 unspecified atom stereocenters. The highest BCUT2D eigenvalue weighted by Crippen LogP contribution is 2.32. The molecule has 5 heteroatoms. The summed E-state index contributed by atoms with van der Waals surface area (Å²) in [4.78, 5) is 11.4. The SMILES string of the molecule is Cc1ccc(C(N)=O)c(-c2ccc(C(F)(F)F)cc2)c1. The van der Waals surface area contributed by atoms with Crippen LogP contribution < -0.4 is 5.73 Å². The number of aryl methyl sites for hydroxylation is 1. The molecule has 0 spiro atoms. The summed E-state index contributed by atoms with van der Waals surface area (Å²) in [6, 6.07) is 9.68. The van der Waals surface area contributed by atoms with Crippen molar-refractivity contribution in [3.05, 3.63) is 59.2 Å². The minimum absolute atomic E-state index is 0.287. The van der Waals surface area contributed by atoms with Crippen molar-refractivity contribution in [2.24, 2.45) is 5.73 Å². The largest absolute Gasteiger partial charge is 0.416 e. The molecule has 0 fully saturated rings. The van der Waals surface area contributed by atoms with Gasteiger partial charge in [-0.25, -0.2) is 0 Å². The third-order valence-electron chi connectivity index (χ3n) is 2.96. The third-order valence-corrected chi connectivity index (χ3v) is 2.96. The average Bonchev–Trinajstić information content (AvgIpc) is 2.37. The first-order valence-electron chi connectivity index (χ1n) is 5.87. The Morgan fingerprint density at radius 3 is 2.15 bits per heavy atom. The van der Waals surface area contributed by atoms with Gasteiger partial charge >= 0.3 is 6.18 Å². The summed E-state index contributed by atoms with van der Waals surface area (Å²) in [6.45, 7) is 1.83. The smallest absolute Gasteiger partial charge is 0.366 e. The second kappa shape index (κ2) is 5.00. The minimum Gasteiger partial charge on any atom is -0.366 e. The van der Waals surface area contributed by atoms with Gasteiger partial charge in [0.25, 0.3) is 0 Å². The van der Waals surface area contributed by atoms with E-state index in [-0.39, 0.29) is 5.56 Å². The second-order valence-corrected chi connectivity index (χ2v) is 4.49. The Morgan fingerprint density at radius 2 is 1.65 bits per heavy atom. The predicted molar refractivity (Wildman–Crippen MR) is 70.1 cm³/mol. The van der Waals surface area contributed by atoms with E-state index < -0.39 is 17.6 Å². The van der Waals surface area contributed by atoms with Crippen LogP contribution >= 0.6 is 0 Å². The zero-order valence-corrected chi connectivity index (χ0v) is 10.7. The van der Waals surface area contributed by atoms with Crippen LogP contribution in [-0.2, 0) is 6.18 Å². The first kappa shape index (κ1) is 14.1. The average molecular weight is 279 g/mol. The van der Waals surface area contributed by atoms with Crippen LogP contribution in [0.5, 0.6) is 0 Å². The van der Waals surface area contributed by atoms with E-state index in [4.69, 9.17) is 5.73 Å². The molecule has 0 aliphatic rings. The van der Waals surface area contributed by atoms with Crippen molar-refractivity contribution >= 4 is 5.91 Å². The van der Waals surface area contributed by atoms with Gasteiger partial charge in [0.2, 0.25) is 5.91 Å². The summed E-state index contributed by atoms with van der Waals surface area (Å²) in [6.07, 6.45) is -4.38. The molecule has 0 aliphatic carbocycles. The summed E-state index contributed by atoms with van der Waals surface area (Å²) >= 11 is 0. The molecule has 2 aromatic rings.